The number of rotatable bonds is 7. The molecule has 0 saturated carbocycles. The van der Waals surface area contributed by atoms with Crippen LogP contribution in [0.25, 0.3) is 0 Å². The molecule has 1 unspecified atom stereocenters. The highest BCUT2D eigenvalue weighted by Gasteiger charge is 2.28. The molecule has 1 aliphatic rings. The minimum absolute atomic E-state index is 0.202. The Morgan fingerprint density at radius 1 is 1.07 bits per heavy atom. The molecule has 0 aliphatic carbocycles. The Morgan fingerprint density at radius 3 is 2.37 bits per heavy atom. The van der Waals surface area contributed by atoms with Crippen molar-refractivity contribution in [3.8, 4) is 23.3 Å². The molecular formula is C22H25NO6S. The second-order valence-electron chi connectivity index (χ2n) is 7.57. The van der Waals surface area contributed by atoms with Gasteiger partial charge < -0.3 is 18.9 Å². The van der Waals surface area contributed by atoms with Gasteiger partial charge in [0.15, 0.2) is 16.1 Å². The van der Waals surface area contributed by atoms with Crippen molar-refractivity contribution in [1.29, 1.82) is 5.26 Å². The molecule has 0 N–H and O–H groups in total. The van der Waals surface area contributed by atoms with E-state index in [0.717, 1.165) is 25.5 Å². The van der Waals surface area contributed by atoms with Gasteiger partial charge in [-0.05, 0) is 55.7 Å². The Hall–Kier alpha value is -2.60. The first-order valence-electron chi connectivity index (χ1n) is 9.66. The lowest BCUT2D eigenvalue weighted by Crippen LogP contribution is -2.38. The van der Waals surface area contributed by atoms with E-state index < -0.39 is 15.6 Å². The summed E-state index contributed by atoms with van der Waals surface area (Å²) in [6.07, 6.45) is 3.70. The summed E-state index contributed by atoms with van der Waals surface area (Å²) < 4.78 is 46.5. The lowest BCUT2D eigenvalue weighted by molar-refractivity contribution is -0.272. The molecule has 0 amide bonds. The van der Waals surface area contributed by atoms with Gasteiger partial charge in [0, 0.05) is 32.8 Å². The van der Waals surface area contributed by atoms with E-state index in [4.69, 9.17) is 18.9 Å². The van der Waals surface area contributed by atoms with Crippen molar-refractivity contribution in [1.82, 2.24) is 0 Å². The van der Waals surface area contributed by atoms with Gasteiger partial charge in [0.1, 0.15) is 17.2 Å². The molecule has 8 heteroatoms. The monoisotopic (exact) mass is 431 g/mol. The molecule has 1 heterocycles. The first kappa shape index (κ1) is 22.1. The lowest BCUT2D eigenvalue weighted by Gasteiger charge is -2.33. The first-order valence-corrected chi connectivity index (χ1v) is 11.6. The summed E-state index contributed by atoms with van der Waals surface area (Å²) in [5.74, 6) is 0.276. The van der Waals surface area contributed by atoms with Crippen molar-refractivity contribution in [3.63, 3.8) is 0 Å². The van der Waals surface area contributed by atoms with Crippen LogP contribution in [0.1, 0.15) is 38.7 Å². The van der Waals surface area contributed by atoms with Gasteiger partial charge in [-0.3, -0.25) is 0 Å². The third kappa shape index (κ3) is 6.20. The van der Waals surface area contributed by atoms with Crippen LogP contribution >= 0.6 is 0 Å². The van der Waals surface area contributed by atoms with Gasteiger partial charge in [0.05, 0.1) is 16.5 Å². The molecule has 2 aromatic rings. The molecule has 0 radical (unpaired) electrons. The van der Waals surface area contributed by atoms with Crippen LogP contribution in [0.15, 0.2) is 47.4 Å². The Morgan fingerprint density at radius 2 is 1.77 bits per heavy atom. The molecule has 0 bridgehead atoms. The average molecular weight is 432 g/mol. The van der Waals surface area contributed by atoms with Gasteiger partial charge in [-0.1, -0.05) is 0 Å². The third-order valence-electron chi connectivity index (χ3n) is 4.41. The minimum atomic E-state index is -3.29. The van der Waals surface area contributed by atoms with E-state index in [1.807, 2.05) is 0 Å². The van der Waals surface area contributed by atoms with Crippen molar-refractivity contribution in [3.05, 3.63) is 48.0 Å². The fourth-order valence-corrected chi connectivity index (χ4v) is 3.70. The third-order valence-corrected chi connectivity index (χ3v) is 5.54. The quantitative estimate of drug-likeness (QED) is 0.599. The Kier molecular flexibility index (Phi) is 6.66. The highest BCUT2D eigenvalue weighted by molar-refractivity contribution is 7.90. The molecule has 160 valence electrons. The second-order valence-corrected chi connectivity index (χ2v) is 9.58. The first-order chi connectivity index (χ1) is 14.1. The van der Waals surface area contributed by atoms with Crippen LogP contribution in [0.4, 0.5) is 0 Å². The van der Waals surface area contributed by atoms with Crippen LogP contribution in [0.2, 0.25) is 0 Å². The molecule has 0 spiro atoms. The van der Waals surface area contributed by atoms with E-state index in [0.29, 0.717) is 29.4 Å². The minimum Gasteiger partial charge on any atom is -0.463 e. The van der Waals surface area contributed by atoms with Crippen LogP contribution < -0.4 is 9.47 Å². The lowest BCUT2D eigenvalue weighted by atomic mass is 10.2. The molecule has 3 rings (SSSR count). The SMILES string of the molecule is CC(C)(Oc1cc(C#N)cc(Oc2ccc(S(C)(=O)=O)cc2)c1)OC1CCCCO1. The van der Waals surface area contributed by atoms with Crippen molar-refractivity contribution in [2.75, 3.05) is 12.9 Å². The fraction of sp³-hybridized carbons (Fsp3) is 0.409. The summed E-state index contributed by atoms with van der Waals surface area (Å²) in [6, 6.07) is 13.0. The molecule has 1 aliphatic heterocycles. The fourth-order valence-electron chi connectivity index (χ4n) is 3.07. The molecule has 30 heavy (non-hydrogen) atoms. The summed E-state index contributed by atoms with van der Waals surface area (Å²) in [4.78, 5) is 0.202. The predicted octanol–water partition coefficient (Wildman–Crippen LogP) is 4.41. The van der Waals surface area contributed by atoms with E-state index in [-0.39, 0.29) is 11.2 Å². The van der Waals surface area contributed by atoms with E-state index in [9.17, 15) is 13.7 Å². The summed E-state index contributed by atoms with van der Waals surface area (Å²) in [5, 5.41) is 9.36. The largest absolute Gasteiger partial charge is 0.463 e. The highest BCUT2D eigenvalue weighted by Crippen LogP contribution is 2.31. The van der Waals surface area contributed by atoms with Gasteiger partial charge >= 0.3 is 0 Å². The topological polar surface area (TPSA) is 94.9 Å². The van der Waals surface area contributed by atoms with E-state index in [1.54, 1.807) is 44.2 Å². The average Bonchev–Trinajstić information content (AvgIpc) is 2.67. The Labute approximate surface area is 177 Å². The number of ether oxygens (including phenoxy) is 4. The van der Waals surface area contributed by atoms with Crippen LogP contribution in [0.5, 0.6) is 17.2 Å². The van der Waals surface area contributed by atoms with Crippen molar-refractivity contribution in [2.24, 2.45) is 0 Å². The van der Waals surface area contributed by atoms with Crippen LogP contribution in [-0.2, 0) is 19.3 Å². The molecule has 7 nitrogen and oxygen atoms in total. The molecule has 1 saturated heterocycles. The smallest absolute Gasteiger partial charge is 0.207 e. The van der Waals surface area contributed by atoms with Gasteiger partial charge in [0.25, 0.3) is 0 Å². The number of nitrogens with zero attached hydrogens (tertiary/aromatic N) is 1. The standard InChI is InChI=1S/C22H25NO6S/c1-22(2,29-21-6-4-5-11-26-21)28-19-13-16(15-23)12-18(14-19)27-17-7-9-20(10-8-17)30(3,24)25/h7-10,12-14,21H,4-6,11H2,1-3H3. The van der Waals surface area contributed by atoms with E-state index >= 15 is 0 Å². The van der Waals surface area contributed by atoms with Gasteiger partial charge in [0.2, 0.25) is 5.79 Å². The summed E-state index contributed by atoms with van der Waals surface area (Å²) in [5.41, 5.74) is 0.361. The maximum absolute atomic E-state index is 11.6. The van der Waals surface area contributed by atoms with Crippen LogP contribution in [0, 0.1) is 11.3 Å². The normalized spacial score (nSPS) is 17.2. The van der Waals surface area contributed by atoms with Crippen LogP contribution in [-0.4, -0.2) is 33.4 Å². The molecule has 1 fully saturated rings. The zero-order valence-electron chi connectivity index (χ0n) is 17.3. The number of sulfone groups is 1. The number of hydrogen-bond acceptors (Lipinski definition) is 7. The molecule has 0 aromatic heterocycles. The highest BCUT2D eigenvalue weighted by atomic mass is 32.2. The Balaban J connectivity index is 1.75. The van der Waals surface area contributed by atoms with Crippen molar-refractivity contribution < 1.29 is 27.4 Å². The van der Waals surface area contributed by atoms with E-state index in [1.165, 1.54) is 12.1 Å². The molecular weight excluding hydrogens is 406 g/mol. The predicted molar refractivity (Wildman–Crippen MR) is 110 cm³/mol. The zero-order valence-corrected chi connectivity index (χ0v) is 18.1. The van der Waals surface area contributed by atoms with E-state index in [2.05, 4.69) is 6.07 Å². The second kappa shape index (κ2) is 9.04. The maximum Gasteiger partial charge on any atom is 0.207 e. The number of hydrogen-bond donors (Lipinski definition) is 0. The summed E-state index contributed by atoms with van der Waals surface area (Å²) in [7, 11) is -3.29. The summed E-state index contributed by atoms with van der Waals surface area (Å²) >= 11 is 0. The maximum atomic E-state index is 11.6. The Bertz CT molecular complexity index is 1020. The van der Waals surface area contributed by atoms with Crippen LogP contribution in [0.3, 0.4) is 0 Å². The van der Waals surface area contributed by atoms with Gasteiger partial charge in [-0.25, -0.2) is 8.42 Å². The summed E-state index contributed by atoms with van der Waals surface area (Å²) in [6.45, 7) is 4.24. The zero-order chi connectivity index (χ0) is 21.8. The van der Waals surface area contributed by atoms with Crippen molar-refractivity contribution >= 4 is 9.84 Å². The number of nitriles is 1. The number of benzene rings is 2. The molecule has 1 atom stereocenters. The van der Waals surface area contributed by atoms with Gasteiger partial charge in [-0.15, -0.1) is 0 Å². The van der Waals surface area contributed by atoms with Gasteiger partial charge in [-0.2, -0.15) is 5.26 Å². The van der Waals surface area contributed by atoms with Crippen molar-refractivity contribution in [2.45, 2.75) is 50.1 Å². The molecule has 2 aromatic carbocycles.